The van der Waals surface area contributed by atoms with Crippen LogP contribution in [0, 0.1) is 0 Å². The van der Waals surface area contributed by atoms with Gasteiger partial charge in [0, 0.05) is 46.3 Å². The molecule has 0 saturated heterocycles. The number of hydrogen-bond acceptors (Lipinski definition) is 4. The van der Waals surface area contributed by atoms with Crippen LogP contribution in [0.4, 0.5) is 0 Å². The SMILES string of the molecule is O=C(c1ncc(C(O)c2cccnc2)[nH]1)c1cn(Cc2ccc(Cl)cc2)c2c1=CCCC=2. The molecule has 3 heterocycles. The zero-order valence-electron chi connectivity index (χ0n) is 17.2. The molecule has 0 aliphatic heterocycles. The van der Waals surface area contributed by atoms with Gasteiger partial charge in [0.05, 0.1) is 17.5 Å². The van der Waals surface area contributed by atoms with Crippen molar-refractivity contribution < 1.29 is 9.90 Å². The number of carbonyl (C=O) groups is 1. The number of aliphatic hydroxyl groups excluding tert-OH is 1. The summed E-state index contributed by atoms with van der Waals surface area (Å²) < 4.78 is 2.09. The molecule has 4 aromatic rings. The number of hydrogen-bond donors (Lipinski definition) is 2. The Morgan fingerprint density at radius 1 is 1.16 bits per heavy atom. The summed E-state index contributed by atoms with van der Waals surface area (Å²) in [6.45, 7) is 0.639. The Balaban J connectivity index is 1.48. The fourth-order valence-electron chi connectivity index (χ4n) is 4.01. The Morgan fingerprint density at radius 2 is 1.97 bits per heavy atom. The molecule has 7 heteroatoms. The predicted octanol–water partition coefficient (Wildman–Crippen LogP) is 2.98. The van der Waals surface area contributed by atoms with Gasteiger partial charge in [-0.15, -0.1) is 0 Å². The van der Waals surface area contributed by atoms with Gasteiger partial charge in [0.15, 0.2) is 5.82 Å². The highest BCUT2D eigenvalue weighted by molar-refractivity contribution is 6.30. The molecule has 1 aliphatic carbocycles. The second-order valence-electron chi connectivity index (χ2n) is 7.79. The van der Waals surface area contributed by atoms with E-state index in [4.69, 9.17) is 11.6 Å². The summed E-state index contributed by atoms with van der Waals surface area (Å²) >= 11 is 6.01. The largest absolute Gasteiger partial charge is 0.382 e. The summed E-state index contributed by atoms with van der Waals surface area (Å²) in [5.41, 5.74) is 2.78. The number of aliphatic hydroxyl groups is 1. The highest BCUT2D eigenvalue weighted by Gasteiger charge is 2.21. The number of ketones is 1. The summed E-state index contributed by atoms with van der Waals surface area (Å²) in [6.07, 6.45) is 11.8. The van der Waals surface area contributed by atoms with Crippen LogP contribution in [0.1, 0.15) is 51.9 Å². The maximum atomic E-state index is 13.3. The van der Waals surface area contributed by atoms with Gasteiger partial charge in [-0.3, -0.25) is 9.78 Å². The van der Waals surface area contributed by atoms with E-state index in [9.17, 15) is 9.90 Å². The van der Waals surface area contributed by atoms with Crippen molar-refractivity contribution >= 4 is 29.5 Å². The first-order valence-corrected chi connectivity index (χ1v) is 10.8. The van der Waals surface area contributed by atoms with Gasteiger partial charge in [-0.25, -0.2) is 4.98 Å². The summed E-state index contributed by atoms with van der Waals surface area (Å²) in [4.78, 5) is 24.6. The Hall–Kier alpha value is -3.48. The van der Waals surface area contributed by atoms with E-state index in [0.29, 0.717) is 28.4 Å². The summed E-state index contributed by atoms with van der Waals surface area (Å²) in [5.74, 6) is 0.000601. The molecule has 0 bridgehead atoms. The molecular formula is C25H21ClN4O2. The number of carbonyl (C=O) groups excluding carboxylic acids is 1. The number of nitrogens with one attached hydrogen (secondary N) is 1. The quantitative estimate of drug-likeness (QED) is 0.448. The van der Waals surface area contributed by atoms with Gasteiger partial charge in [0.25, 0.3) is 0 Å². The standard InChI is InChI=1S/C25H21ClN4O2/c26-18-9-7-16(8-10-18)14-30-15-20(19-5-1-2-6-22(19)30)24(32)25-28-13-21(29-25)23(31)17-4-3-11-27-12-17/h3-13,15,23,31H,1-2,14H2,(H,28,29). The summed E-state index contributed by atoms with van der Waals surface area (Å²) in [6, 6.07) is 11.2. The van der Waals surface area contributed by atoms with Crippen molar-refractivity contribution in [3.8, 4) is 0 Å². The third-order valence-electron chi connectivity index (χ3n) is 5.63. The van der Waals surface area contributed by atoms with Crippen LogP contribution < -0.4 is 10.6 Å². The number of benzene rings is 1. The first-order valence-electron chi connectivity index (χ1n) is 10.4. The van der Waals surface area contributed by atoms with E-state index in [0.717, 1.165) is 29.0 Å². The zero-order valence-corrected chi connectivity index (χ0v) is 18.0. The van der Waals surface area contributed by atoms with Crippen LogP contribution in [0.3, 0.4) is 0 Å². The second kappa shape index (κ2) is 8.57. The van der Waals surface area contributed by atoms with Crippen LogP contribution >= 0.6 is 11.6 Å². The minimum Gasteiger partial charge on any atom is -0.382 e. The summed E-state index contributed by atoms with van der Waals surface area (Å²) in [7, 11) is 0. The fourth-order valence-corrected chi connectivity index (χ4v) is 4.14. The van der Waals surface area contributed by atoms with Gasteiger partial charge in [-0.05, 0) is 36.6 Å². The number of aromatic amines is 1. The highest BCUT2D eigenvalue weighted by atomic mass is 35.5. The van der Waals surface area contributed by atoms with E-state index in [1.165, 1.54) is 6.20 Å². The molecule has 6 nitrogen and oxygen atoms in total. The number of fused-ring (bicyclic) bond motifs is 1. The lowest BCUT2D eigenvalue weighted by atomic mass is 10.1. The van der Waals surface area contributed by atoms with Gasteiger partial charge < -0.3 is 14.7 Å². The lowest BCUT2D eigenvalue weighted by Gasteiger charge is -2.07. The number of H-pyrrole nitrogens is 1. The number of rotatable bonds is 6. The van der Waals surface area contributed by atoms with E-state index in [1.54, 1.807) is 24.5 Å². The number of aromatic nitrogens is 4. The molecular weight excluding hydrogens is 424 g/mol. The lowest BCUT2D eigenvalue weighted by Crippen LogP contribution is -2.33. The number of imidazole rings is 1. The van der Waals surface area contributed by atoms with Crippen LogP contribution in [0.5, 0.6) is 0 Å². The first kappa shape index (κ1) is 20.4. The first-order chi connectivity index (χ1) is 15.6. The second-order valence-corrected chi connectivity index (χ2v) is 8.22. The molecule has 0 amide bonds. The van der Waals surface area contributed by atoms with Crippen LogP contribution in [-0.2, 0) is 6.54 Å². The molecule has 0 saturated carbocycles. The van der Waals surface area contributed by atoms with E-state index < -0.39 is 6.10 Å². The predicted molar refractivity (Wildman–Crippen MR) is 123 cm³/mol. The number of pyridine rings is 1. The third kappa shape index (κ3) is 3.90. The van der Waals surface area contributed by atoms with Crippen molar-refractivity contribution in [2.45, 2.75) is 25.5 Å². The highest BCUT2D eigenvalue weighted by Crippen LogP contribution is 2.20. The normalized spacial score (nSPS) is 13.7. The van der Waals surface area contributed by atoms with Crippen molar-refractivity contribution in [2.24, 2.45) is 0 Å². The molecule has 0 fully saturated rings. The topological polar surface area (TPSA) is 83.8 Å². The minimum atomic E-state index is -0.930. The Labute approximate surface area is 189 Å². The molecule has 1 aromatic carbocycles. The molecule has 160 valence electrons. The van der Waals surface area contributed by atoms with Crippen molar-refractivity contribution in [3.63, 3.8) is 0 Å². The number of nitrogens with zero attached hydrogens (tertiary/aromatic N) is 3. The minimum absolute atomic E-state index is 0.202. The van der Waals surface area contributed by atoms with Crippen molar-refractivity contribution in [3.05, 3.63) is 105 Å². The van der Waals surface area contributed by atoms with Gasteiger partial charge in [0.2, 0.25) is 5.78 Å². The van der Waals surface area contributed by atoms with Crippen LogP contribution in [0.2, 0.25) is 5.02 Å². The molecule has 1 aliphatic rings. The molecule has 5 rings (SSSR count). The molecule has 0 spiro atoms. The summed E-state index contributed by atoms with van der Waals surface area (Å²) in [5, 5.41) is 13.3. The molecule has 3 aromatic heterocycles. The number of halogens is 1. The van der Waals surface area contributed by atoms with Gasteiger partial charge in [0.1, 0.15) is 6.10 Å². The Morgan fingerprint density at radius 3 is 2.75 bits per heavy atom. The van der Waals surface area contributed by atoms with Crippen LogP contribution in [0.25, 0.3) is 12.2 Å². The fraction of sp³-hybridized carbons (Fsp3) is 0.160. The Bertz CT molecular complexity index is 1390. The van der Waals surface area contributed by atoms with Gasteiger partial charge >= 0.3 is 0 Å². The maximum Gasteiger partial charge on any atom is 0.230 e. The Kier molecular flexibility index (Phi) is 5.47. The van der Waals surface area contributed by atoms with E-state index in [-0.39, 0.29) is 11.6 Å². The van der Waals surface area contributed by atoms with Gasteiger partial charge in [-0.2, -0.15) is 0 Å². The average Bonchev–Trinajstić information content (AvgIpc) is 3.46. The van der Waals surface area contributed by atoms with E-state index >= 15 is 0 Å². The molecule has 0 radical (unpaired) electrons. The molecule has 1 unspecified atom stereocenters. The third-order valence-corrected chi connectivity index (χ3v) is 5.88. The average molecular weight is 445 g/mol. The zero-order chi connectivity index (χ0) is 22.1. The monoisotopic (exact) mass is 444 g/mol. The van der Waals surface area contributed by atoms with Crippen LogP contribution in [-0.4, -0.2) is 30.4 Å². The van der Waals surface area contributed by atoms with E-state index in [1.807, 2.05) is 30.5 Å². The molecule has 32 heavy (non-hydrogen) atoms. The van der Waals surface area contributed by atoms with Gasteiger partial charge in [-0.1, -0.05) is 42.0 Å². The van der Waals surface area contributed by atoms with Crippen LogP contribution in [0.15, 0.2) is 61.2 Å². The maximum absolute atomic E-state index is 13.3. The lowest BCUT2D eigenvalue weighted by molar-refractivity contribution is 0.102. The molecule has 2 N–H and O–H groups in total. The van der Waals surface area contributed by atoms with E-state index in [2.05, 4.69) is 31.7 Å². The van der Waals surface area contributed by atoms with Crippen molar-refractivity contribution in [2.75, 3.05) is 0 Å². The smallest absolute Gasteiger partial charge is 0.230 e. The molecule has 1 atom stereocenters. The van der Waals surface area contributed by atoms with Crippen molar-refractivity contribution in [1.29, 1.82) is 0 Å². The van der Waals surface area contributed by atoms with Crippen molar-refractivity contribution in [1.82, 2.24) is 19.5 Å².